The Hall–Kier alpha value is -1.07. The van der Waals surface area contributed by atoms with Crippen molar-refractivity contribution in [2.45, 2.75) is 33.4 Å². The van der Waals surface area contributed by atoms with Crippen molar-refractivity contribution in [3.63, 3.8) is 0 Å². The van der Waals surface area contributed by atoms with E-state index in [1.54, 1.807) is 0 Å². The highest BCUT2D eigenvalue weighted by Gasteiger charge is 2.19. The van der Waals surface area contributed by atoms with Crippen molar-refractivity contribution in [2.24, 2.45) is 7.05 Å². The largest absolute Gasteiger partial charge is 0.394 e. The van der Waals surface area contributed by atoms with Gasteiger partial charge in [-0.25, -0.2) is 0 Å². The Bertz CT molecular complexity index is 362. The van der Waals surface area contributed by atoms with Gasteiger partial charge in [0.25, 0.3) is 0 Å². The minimum atomic E-state index is 0.0881. The van der Waals surface area contributed by atoms with Gasteiger partial charge in [-0.15, -0.1) is 0 Å². The Morgan fingerprint density at radius 3 is 2.71 bits per heavy atom. The first-order chi connectivity index (χ1) is 8.02. The van der Waals surface area contributed by atoms with E-state index in [4.69, 9.17) is 0 Å². The summed E-state index contributed by atoms with van der Waals surface area (Å²) in [6.45, 7) is 8.00. The highest BCUT2D eigenvalue weighted by atomic mass is 16.3. The van der Waals surface area contributed by atoms with Gasteiger partial charge in [0.15, 0.2) is 0 Å². The molecule has 0 amide bonds. The van der Waals surface area contributed by atoms with Crippen LogP contribution in [0.2, 0.25) is 0 Å². The van der Waals surface area contributed by atoms with Crippen molar-refractivity contribution in [3.05, 3.63) is 11.3 Å². The van der Waals surface area contributed by atoms with Crippen molar-refractivity contribution in [2.75, 3.05) is 25.1 Å². The average Bonchev–Trinajstić information content (AvgIpc) is 2.59. The molecule has 17 heavy (non-hydrogen) atoms. The molecular formula is C12H24N4O. The Balaban J connectivity index is 3.03. The first-order valence-corrected chi connectivity index (χ1v) is 6.09. The molecule has 1 atom stereocenters. The van der Waals surface area contributed by atoms with Gasteiger partial charge in [-0.2, -0.15) is 5.10 Å². The monoisotopic (exact) mass is 240 g/mol. The molecule has 0 aliphatic heterocycles. The van der Waals surface area contributed by atoms with Gasteiger partial charge in [0.1, 0.15) is 5.82 Å². The number of likely N-dealkylation sites (N-methyl/N-ethyl adjacent to an activating group) is 1. The van der Waals surface area contributed by atoms with E-state index >= 15 is 0 Å². The predicted octanol–water partition coefficient (Wildman–Crippen LogP) is 0.655. The van der Waals surface area contributed by atoms with Crippen LogP contribution in [-0.2, 0) is 13.6 Å². The first kappa shape index (κ1) is 14.0. The number of rotatable bonds is 6. The molecule has 5 heteroatoms. The lowest BCUT2D eigenvalue weighted by Crippen LogP contribution is -2.34. The van der Waals surface area contributed by atoms with Gasteiger partial charge < -0.3 is 15.3 Å². The summed E-state index contributed by atoms with van der Waals surface area (Å²) < 4.78 is 1.88. The van der Waals surface area contributed by atoms with E-state index in [1.165, 1.54) is 5.56 Å². The highest BCUT2D eigenvalue weighted by molar-refractivity contribution is 5.50. The van der Waals surface area contributed by atoms with E-state index in [9.17, 15) is 5.11 Å². The van der Waals surface area contributed by atoms with Gasteiger partial charge in [0.05, 0.1) is 18.3 Å². The number of hydrogen-bond donors (Lipinski definition) is 2. The maximum atomic E-state index is 9.24. The molecule has 1 heterocycles. The molecule has 0 saturated heterocycles. The molecule has 1 unspecified atom stereocenters. The van der Waals surface area contributed by atoms with Crippen LogP contribution < -0.4 is 10.2 Å². The molecule has 0 aliphatic carbocycles. The molecule has 0 radical (unpaired) electrons. The molecule has 0 spiro atoms. The third kappa shape index (κ3) is 2.98. The Morgan fingerprint density at radius 1 is 1.53 bits per heavy atom. The SMILES string of the molecule is CCNCc1c(C)nn(C)c1N(C)C(C)CO. The number of aromatic nitrogens is 2. The molecule has 0 aliphatic rings. The summed E-state index contributed by atoms with van der Waals surface area (Å²) in [4.78, 5) is 2.08. The zero-order valence-corrected chi connectivity index (χ0v) is 11.5. The fraction of sp³-hybridized carbons (Fsp3) is 0.750. The van der Waals surface area contributed by atoms with Crippen molar-refractivity contribution < 1.29 is 5.11 Å². The second kappa shape index (κ2) is 6.02. The molecule has 1 aromatic heterocycles. The first-order valence-electron chi connectivity index (χ1n) is 6.09. The maximum Gasteiger partial charge on any atom is 0.131 e. The quantitative estimate of drug-likeness (QED) is 0.767. The Labute approximate surface area is 103 Å². The van der Waals surface area contributed by atoms with Crippen LogP contribution in [0.5, 0.6) is 0 Å². The number of aliphatic hydroxyl groups excluding tert-OH is 1. The van der Waals surface area contributed by atoms with Gasteiger partial charge in [-0.3, -0.25) is 4.68 Å². The molecule has 0 bridgehead atoms. The fourth-order valence-electron chi connectivity index (χ4n) is 1.92. The lowest BCUT2D eigenvalue weighted by molar-refractivity contribution is 0.269. The van der Waals surface area contributed by atoms with Gasteiger partial charge in [-0.05, 0) is 20.4 Å². The fourth-order valence-corrected chi connectivity index (χ4v) is 1.92. The minimum absolute atomic E-state index is 0.0881. The average molecular weight is 240 g/mol. The summed E-state index contributed by atoms with van der Waals surface area (Å²) in [6.07, 6.45) is 0. The van der Waals surface area contributed by atoms with Crippen LogP contribution in [0.15, 0.2) is 0 Å². The molecule has 1 rings (SSSR count). The summed E-state index contributed by atoms with van der Waals surface area (Å²) in [5.41, 5.74) is 2.25. The van der Waals surface area contributed by atoms with Gasteiger partial charge >= 0.3 is 0 Å². The lowest BCUT2D eigenvalue weighted by Gasteiger charge is -2.26. The molecule has 5 nitrogen and oxygen atoms in total. The third-order valence-electron chi connectivity index (χ3n) is 3.12. The van der Waals surface area contributed by atoms with Gasteiger partial charge in [0, 0.05) is 26.2 Å². The topological polar surface area (TPSA) is 53.3 Å². The zero-order chi connectivity index (χ0) is 13.0. The van der Waals surface area contributed by atoms with Crippen LogP contribution in [-0.4, -0.2) is 41.1 Å². The highest BCUT2D eigenvalue weighted by Crippen LogP contribution is 2.23. The summed E-state index contributed by atoms with van der Waals surface area (Å²) in [5, 5.41) is 17.0. The number of aryl methyl sites for hydroxylation is 2. The molecule has 98 valence electrons. The molecule has 1 aromatic rings. The van der Waals surface area contributed by atoms with Crippen LogP contribution >= 0.6 is 0 Å². The number of aliphatic hydroxyl groups is 1. The second-order valence-electron chi connectivity index (χ2n) is 4.43. The van der Waals surface area contributed by atoms with Crippen molar-refractivity contribution >= 4 is 5.82 Å². The van der Waals surface area contributed by atoms with E-state index < -0.39 is 0 Å². The normalized spacial score (nSPS) is 12.8. The number of nitrogens with zero attached hydrogens (tertiary/aromatic N) is 3. The molecule has 0 saturated carbocycles. The van der Waals surface area contributed by atoms with E-state index in [-0.39, 0.29) is 12.6 Å². The van der Waals surface area contributed by atoms with E-state index in [2.05, 4.69) is 22.2 Å². The van der Waals surface area contributed by atoms with Gasteiger partial charge in [-0.1, -0.05) is 6.92 Å². The lowest BCUT2D eigenvalue weighted by atomic mass is 10.2. The van der Waals surface area contributed by atoms with Crippen LogP contribution in [0.3, 0.4) is 0 Å². The van der Waals surface area contributed by atoms with E-state index in [0.717, 1.165) is 24.6 Å². The van der Waals surface area contributed by atoms with Crippen LogP contribution in [0, 0.1) is 6.92 Å². The van der Waals surface area contributed by atoms with Crippen molar-refractivity contribution in [1.82, 2.24) is 15.1 Å². The van der Waals surface area contributed by atoms with Crippen LogP contribution in [0.25, 0.3) is 0 Å². The standard InChI is InChI=1S/C12H24N4O/c1-6-13-7-11-10(3)14-16(5)12(11)15(4)9(2)8-17/h9,13,17H,6-8H2,1-5H3. The molecule has 0 fully saturated rings. The second-order valence-corrected chi connectivity index (χ2v) is 4.43. The molecular weight excluding hydrogens is 216 g/mol. The van der Waals surface area contributed by atoms with Crippen LogP contribution in [0.1, 0.15) is 25.1 Å². The van der Waals surface area contributed by atoms with E-state index in [0.29, 0.717) is 0 Å². The number of nitrogens with one attached hydrogen (secondary N) is 1. The van der Waals surface area contributed by atoms with Gasteiger partial charge in [0.2, 0.25) is 0 Å². The molecule has 0 aromatic carbocycles. The summed E-state index contributed by atoms with van der Waals surface area (Å²) in [5.74, 6) is 1.07. The Kier molecular flexibility index (Phi) is 4.96. The maximum absolute atomic E-state index is 9.24. The smallest absolute Gasteiger partial charge is 0.131 e. The summed E-state index contributed by atoms with van der Waals surface area (Å²) in [7, 11) is 3.94. The van der Waals surface area contributed by atoms with E-state index in [1.807, 2.05) is 32.6 Å². The van der Waals surface area contributed by atoms with Crippen molar-refractivity contribution in [1.29, 1.82) is 0 Å². The number of anilines is 1. The summed E-state index contributed by atoms with van der Waals surface area (Å²) in [6, 6.07) is 0.0881. The Morgan fingerprint density at radius 2 is 2.18 bits per heavy atom. The summed E-state index contributed by atoms with van der Waals surface area (Å²) >= 11 is 0. The molecule has 2 N–H and O–H groups in total. The van der Waals surface area contributed by atoms with Crippen molar-refractivity contribution in [3.8, 4) is 0 Å². The predicted molar refractivity (Wildman–Crippen MR) is 70.3 cm³/mol. The zero-order valence-electron chi connectivity index (χ0n) is 11.5. The minimum Gasteiger partial charge on any atom is -0.394 e. The number of hydrogen-bond acceptors (Lipinski definition) is 4. The third-order valence-corrected chi connectivity index (χ3v) is 3.12. The van der Waals surface area contributed by atoms with Crippen LogP contribution in [0.4, 0.5) is 5.82 Å².